The zero-order valence-corrected chi connectivity index (χ0v) is 12.9. The smallest absolute Gasteiger partial charge is 0.253 e. The Morgan fingerprint density at radius 3 is 3.10 bits per heavy atom. The Bertz CT molecular complexity index is 462. The monoisotopic (exact) mass is 290 g/mol. The summed E-state index contributed by atoms with van der Waals surface area (Å²) in [5.41, 5.74) is 7.47. The van der Waals surface area contributed by atoms with Gasteiger partial charge in [-0.25, -0.2) is 0 Å². The molecule has 1 unspecified atom stereocenters. The lowest BCUT2D eigenvalue weighted by atomic mass is 10.0. The van der Waals surface area contributed by atoms with Crippen molar-refractivity contribution in [3.8, 4) is 0 Å². The van der Waals surface area contributed by atoms with Crippen molar-refractivity contribution in [2.75, 3.05) is 26.2 Å². The second-order valence-electron chi connectivity index (χ2n) is 5.63. The van der Waals surface area contributed by atoms with Gasteiger partial charge in [0.1, 0.15) is 0 Å². The van der Waals surface area contributed by atoms with Gasteiger partial charge in [-0.2, -0.15) is 0 Å². The SMILES string of the molecule is CCCOC1CCCN(C(=O)c2cccc(CCN)c2)C1. The van der Waals surface area contributed by atoms with E-state index in [1.54, 1.807) is 0 Å². The summed E-state index contributed by atoms with van der Waals surface area (Å²) in [5, 5.41) is 0. The fraction of sp³-hybridized carbons (Fsp3) is 0.588. The number of carbonyl (C=O) groups is 1. The van der Waals surface area contributed by atoms with Crippen molar-refractivity contribution in [1.29, 1.82) is 0 Å². The molecule has 0 bridgehead atoms. The van der Waals surface area contributed by atoms with Gasteiger partial charge < -0.3 is 15.4 Å². The third kappa shape index (κ3) is 4.55. The summed E-state index contributed by atoms with van der Waals surface area (Å²) in [6.07, 6.45) is 4.09. The van der Waals surface area contributed by atoms with Gasteiger partial charge in [0.2, 0.25) is 0 Å². The van der Waals surface area contributed by atoms with Crippen LogP contribution in [0.4, 0.5) is 0 Å². The van der Waals surface area contributed by atoms with E-state index in [4.69, 9.17) is 10.5 Å². The number of ether oxygens (including phenoxy) is 1. The number of rotatable bonds is 6. The molecule has 4 heteroatoms. The third-order valence-electron chi connectivity index (χ3n) is 3.83. The molecule has 4 nitrogen and oxygen atoms in total. The molecular formula is C17H26N2O2. The molecule has 0 aromatic heterocycles. The van der Waals surface area contributed by atoms with Crippen molar-refractivity contribution in [3.05, 3.63) is 35.4 Å². The number of hydrogen-bond acceptors (Lipinski definition) is 3. The Balaban J connectivity index is 2.00. The molecule has 21 heavy (non-hydrogen) atoms. The first kappa shape index (κ1) is 16.0. The van der Waals surface area contributed by atoms with Gasteiger partial charge in [0.05, 0.1) is 6.10 Å². The van der Waals surface area contributed by atoms with Gasteiger partial charge in [-0.15, -0.1) is 0 Å². The first-order valence-electron chi connectivity index (χ1n) is 7.94. The standard InChI is InChI=1S/C17H26N2O2/c1-2-11-21-16-7-4-10-19(13-16)17(20)15-6-3-5-14(12-15)8-9-18/h3,5-6,12,16H,2,4,7-11,13,18H2,1H3. The minimum absolute atomic E-state index is 0.110. The van der Waals surface area contributed by atoms with Gasteiger partial charge in [0.25, 0.3) is 5.91 Å². The lowest BCUT2D eigenvalue weighted by Crippen LogP contribution is -2.43. The molecule has 1 amide bonds. The van der Waals surface area contributed by atoms with Crippen molar-refractivity contribution in [2.45, 2.75) is 38.7 Å². The normalized spacial score (nSPS) is 18.8. The molecule has 1 aromatic carbocycles. The largest absolute Gasteiger partial charge is 0.376 e. The highest BCUT2D eigenvalue weighted by Gasteiger charge is 2.24. The summed E-state index contributed by atoms with van der Waals surface area (Å²) in [7, 11) is 0. The highest BCUT2D eigenvalue weighted by molar-refractivity contribution is 5.94. The molecule has 2 rings (SSSR count). The first-order valence-corrected chi connectivity index (χ1v) is 7.94. The van der Waals surface area contributed by atoms with Crippen LogP contribution in [0.25, 0.3) is 0 Å². The van der Waals surface area contributed by atoms with Crippen LogP contribution in [0, 0.1) is 0 Å². The third-order valence-corrected chi connectivity index (χ3v) is 3.83. The van der Waals surface area contributed by atoms with E-state index < -0.39 is 0 Å². The Morgan fingerprint density at radius 2 is 2.33 bits per heavy atom. The topological polar surface area (TPSA) is 55.6 Å². The van der Waals surface area contributed by atoms with E-state index in [1.165, 1.54) is 0 Å². The Hall–Kier alpha value is -1.39. The molecule has 0 spiro atoms. The Labute approximate surface area is 127 Å². The van der Waals surface area contributed by atoms with E-state index in [0.29, 0.717) is 13.1 Å². The molecule has 2 N–H and O–H groups in total. The van der Waals surface area contributed by atoms with E-state index in [1.807, 2.05) is 29.2 Å². The van der Waals surface area contributed by atoms with Crippen LogP contribution in [0.5, 0.6) is 0 Å². The molecule has 0 aliphatic carbocycles. The van der Waals surface area contributed by atoms with Gasteiger partial charge in [0, 0.05) is 25.3 Å². The quantitative estimate of drug-likeness (QED) is 0.874. The summed E-state index contributed by atoms with van der Waals surface area (Å²) < 4.78 is 5.80. The van der Waals surface area contributed by atoms with Gasteiger partial charge >= 0.3 is 0 Å². The Morgan fingerprint density at radius 1 is 1.48 bits per heavy atom. The number of benzene rings is 1. The molecule has 116 valence electrons. The number of carbonyl (C=O) groups excluding carboxylic acids is 1. The van der Waals surface area contributed by atoms with E-state index >= 15 is 0 Å². The number of nitrogens with two attached hydrogens (primary N) is 1. The van der Waals surface area contributed by atoms with Gasteiger partial charge in [-0.1, -0.05) is 19.1 Å². The zero-order chi connectivity index (χ0) is 15.1. The van der Waals surface area contributed by atoms with Crippen molar-refractivity contribution in [2.24, 2.45) is 5.73 Å². The average Bonchev–Trinajstić information content (AvgIpc) is 2.53. The summed E-state index contributed by atoms with van der Waals surface area (Å²) in [6.45, 7) is 5.02. The minimum Gasteiger partial charge on any atom is -0.376 e. The van der Waals surface area contributed by atoms with Crippen molar-refractivity contribution in [1.82, 2.24) is 4.90 Å². The molecular weight excluding hydrogens is 264 g/mol. The number of hydrogen-bond donors (Lipinski definition) is 1. The highest BCUT2D eigenvalue weighted by atomic mass is 16.5. The maximum absolute atomic E-state index is 12.6. The molecule has 1 aliphatic rings. The van der Waals surface area contributed by atoms with Crippen LogP contribution >= 0.6 is 0 Å². The molecule has 0 saturated carbocycles. The van der Waals surface area contributed by atoms with Gasteiger partial charge in [0.15, 0.2) is 0 Å². The molecule has 1 aromatic rings. The fourth-order valence-electron chi connectivity index (χ4n) is 2.75. The van der Waals surface area contributed by atoms with Crippen molar-refractivity contribution >= 4 is 5.91 Å². The predicted molar refractivity (Wildman–Crippen MR) is 84.4 cm³/mol. The molecule has 1 atom stereocenters. The van der Waals surface area contributed by atoms with Crippen molar-refractivity contribution < 1.29 is 9.53 Å². The molecule has 0 radical (unpaired) electrons. The highest BCUT2D eigenvalue weighted by Crippen LogP contribution is 2.17. The molecule has 1 fully saturated rings. The van der Waals surface area contributed by atoms with Crippen LogP contribution in [-0.2, 0) is 11.2 Å². The lowest BCUT2D eigenvalue weighted by molar-refractivity contribution is 0.00211. The van der Waals surface area contributed by atoms with E-state index in [0.717, 1.165) is 50.0 Å². The minimum atomic E-state index is 0.110. The van der Waals surface area contributed by atoms with E-state index in [9.17, 15) is 4.79 Å². The Kier molecular flexibility index (Phi) is 6.21. The molecule has 1 saturated heterocycles. The van der Waals surface area contributed by atoms with Crippen LogP contribution in [0.2, 0.25) is 0 Å². The molecule has 1 heterocycles. The van der Waals surface area contributed by atoms with Gasteiger partial charge in [-0.3, -0.25) is 4.79 Å². The van der Waals surface area contributed by atoms with Crippen LogP contribution in [0.15, 0.2) is 24.3 Å². The maximum atomic E-state index is 12.6. The number of likely N-dealkylation sites (tertiary alicyclic amines) is 1. The maximum Gasteiger partial charge on any atom is 0.253 e. The number of amides is 1. The van der Waals surface area contributed by atoms with Crippen LogP contribution < -0.4 is 5.73 Å². The lowest BCUT2D eigenvalue weighted by Gasteiger charge is -2.32. The van der Waals surface area contributed by atoms with E-state index in [-0.39, 0.29) is 12.0 Å². The zero-order valence-electron chi connectivity index (χ0n) is 12.9. The number of nitrogens with zero attached hydrogens (tertiary/aromatic N) is 1. The van der Waals surface area contributed by atoms with E-state index in [2.05, 4.69) is 6.92 Å². The molecule has 1 aliphatic heterocycles. The van der Waals surface area contributed by atoms with Gasteiger partial charge in [-0.05, 0) is 49.9 Å². The summed E-state index contributed by atoms with van der Waals surface area (Å²) in [4.78, 5) is 14.5. The second-order valence-corrected chi connectivity index (χ2v) is 5.63. The van der Waals surface area contributed by atoms with Crippen LogP contribution in [-0.4, -0.2) is 43.2 Å². The second kappa shape index (κ2) is 8.15. The van der Waals surface area contributed by atoms with Crippen molar-refractivity contribution in [3.63, 3.8) is 0 Å². The average molecular weight is 290 g/mol. The predicted octanol–water partition coefficient (Wildman–Crippen LogP) is 2.22. The summed E-state index contributed by atoms with van der Waals surface area (Å²) in [6, 6.07) is 7.81. The summed E-state index contributed by atoms with van der Waals surface area (Å²) >= 11 is 0. The fourth-order valence-corrected chi connectivity index (χ4v) is 2.75. The first-order chi connectivity index (χ1) is 10.2. The van der Waals surface area contributed by atoms with Crippen LogP contribution in [0.1, 0.15) is 42.1 Å². The number of piperidine rings is 1. The van der Waals surface area contributed by atoms with Crippen LogP contribution in [0.3, 0.4) is 0 Å². The summed E-state index contributed by atoms with van der Waals surface area (Å²) in [5.74, 6) is 0.110.